The summed E-state index contributed by atoms with van der Waals surface area (Å²) in [5.74, 6) is 4.52. The number of nitrogens with one attached hydrogen (secondary N) is 2. The number of amides is 2. The number of phenolic OH excluding ortho intramolecular Hbond substituents is 2. The molecule has 2 amide bonds. The molecule has 9 aromatic rings. The number of aliphatic hydroxyl groups excluding tert-OH is 1. The Morgan fingerprint density at radius 3 is 1.17 bits per heavy atom. The third-order valence-electron chi connectivity index (χ3n) is 13.1. The summed E-state index contributed by atoms with van der Waals surface area (Å²) in [7, 11) is 4.51. The van der Waals surface area contributed by atoms with E-state index in [1.165, 1.54) is 38.5 Å². The second kappa shape index (κ2) is 40.7. The zero-order chi connectivity index (χ0) is 67.2. The van der Waals surface area contributed by atoms with Crippen molar-refractivity contribution in [1.29, 1.82) is 0 Å². The van der Waals surface area contributed by atoms with Crippen molar-refractivity contribution in [2.45, 2.75) is 13.8 Å². The van der Waals surface area contributed by atoms with Crippen LogP contribution in [0.25, 0.3) is 0 Å². The van der Waals surface area contributed by atoms with Crippen molar-refractivity contribution in [2.75, 3.05) is 104 Å². The number of methoxy groups -OCH3 is 3. The summed E-state index contributed by atoms with van der Waals surface area (Å²) < 4.78 is 62.2. The molecule has 0 atom stereocenters. The number of benzene rings is 9. The van der Waals surface area contributed by atoms with E-state index in [4.69, 9.17) is 54.2 Å². The number of nitrogen functional groups attached to an aromatic ring is 1. The van der Waals surface area contributed by atoms with E-state index in [1.807, 2.05) is 115 Å². The van der Waals surface area contributed by atoms with Crippen molar-refractivity contribution in [3.05, 3.63) is 235 Å². The summed E-state index contributed by atoms with van der Waals surface area (Å²) in [6, 6.07) is 62.8. The minimum atomic E-state index is -0.939. The summed E-state index contributed by atoms with van der Waals surface area (Å²) >= 11 is 0. The Labute approximate surface area is 540 Å². The van der Waals surface area contributed by atoms with Crippen molar-refractivity contribution in [2.24, 2.45) is 0 Å². The van der Waals surface area contributed by atoms with Gasteiger partial charge >= 0.3 is 5.97 Å². The number of aromatic hydroxyl groups is 2. The van der Waals surface area contributed by atoms with Gasteiger partial charge < -0.3 is 70.0 Å². The molecule has 93 heavy (non-hydrogen) atoms. The van der Waals surface area contributed by atoms with Gasteiger partial charge in [0.15, 0.2) is 34.5 Å². The molecule has 19 nitrogen and oxygen atoms in total. The fourth-order valence-electron chi connectivity index (χ4n) is 8.16. The van der Waals surface area contributed by atoms with Gasteiger partial charge in [0.25, 0.3) is 11.8 Å². The molecule has 21 heteroatoms. The van der Waals surface area contributed by atoms with Gasteiger partial charge in [-0.3, -0.25) is 19.4 Å². The first-order chi connectivity index (χ1) is 45.1. The van der Waals surface area contributed by atoms with Gasteiger partial charge in [0.2, 0.25) is 0 Å². The van der Waals surface area contributed by atoms with Gasteiger partial charge in [-0.25, -0.2) is 13.6 Å². The average molecular weight is 1280 g/mol. The van der Waals surface area contributed by atoms with E-state index in [9.17, 15) is 28.3 Å². The maximum absolute atomic E-state index is 12.7. The molecular weight excluding hydrogens is 1200 g/mol. The Hall–Kier alpha value is -10.9. The number of carboxylic acids is 1. The molecule has 0 saturated carbocycles. The van der Waals surface area contributed by atoms with Crippen LogP contribution in [0, 0.1) is 0 Å². The van der Waals surface area contributed by atoms with Crippen LogP contribution in [-0.4, -0.2) is 135 Å². The summed E-state index contributed by atoms with van der Waals surface area (Å²) in [5, 5.41) is 41.6. The van der Waals surface area contributed by atoms with Crippen LogP contribution >= 0.6 is 0 Å². The van der Waals surface area contributed by atoms with Crippen molar-refractivity contribution in [3.63, 3.8) is 0 Å². The van der Waals surface area contributed by atoms with Gasteiger partial charge in [-0.2, -0.15) is 0 Å². The molecule has 9 rings (SSSR count). The first-order valence-corrected chi connectivity index (χ1v) is 29.4. The van der Waals surface area contributed by atoms with E-state index < -0.39 is 12.6 Å². The van der Waals surface area contributed by atoms with Crippen LogP contribution in [0.5, 0.6) is 69.0 Å². The Kier molecular flexibility index (Phi) is 31.9. The second-order valence-electron chi connectivity index (χ2n) is 19.5. The van der Waals surface area contributed by atoms with Crippen molar-refractivity contribution < 1.29 is 76.7 Å². The predicted octanol–water partition coefficient (Wildman–Crippen LogP) is 14.3. The van der Waals surface area contributed by atoms with E-state index in [2.05, 4.69) is 10.6 Å². The van der Waals surface area contributed by atoms with E-state index in [0.717, 1.165) is 30.3 Å². The van der Waals surface area contributed by atoms with Gasteiger partial charge in [0.1, 0.15) is 54.5 Å². The minimum absolute atomic E-state index is 0.0353. The molecule has 490 valence electrons. The quantitative estimate of drug-likeness (QED) is 0.0249. The summed E-state index contributed by atoms with van der Waals surface area (Å²) in [6.07, 6.45) is 0. The number of hydrogen-bond acceptors (Lipinski definition) is 16. The number of nitrogens with two attached hydrogens (primary N) is 1. The predicted molar refractivity (Wildman–Crippen MR) is 357 cm³/mol. The molecule has 0 heterocycles. The number of aliphatic hydroxyl groups is 1. The van der Waals surface area contributed by atoms with Gasteiger partial charge in [0, 0.05) is 72.6 Å². The van der Waals surface area contributed by atoms with Crippen LogP contribution < -0.4 is 49.5 Å². The highest BCUT2D eigenvalue weighted by atomic mass is 19.1. The molecule has 0 fully saturated rings. The van der Waals surface area contributed by atoms with E-state index >= 15 is 0 Å². The molecule has 0 aliphatic carbocycles. The number of aromatic carboxylic acids is 1. The molecule has 0 bridgehead atoms. The Morgan fingerprint density at radius 1 is 0.441 bits per heavy atom. The molecule has 0 aliphatic rings. The highest BCUT2D eigenvalue weighted by Gasteiger charge is 2.13. The highest BCUT2D eigenvalue weighted by molar-refractivity contribution is 6.05. The normalized spacial score (nSPS) is 10.2. The third-order valence-corrected chi connectivity index (χ3v) is 13.1. The number of para-hydroxylation sites is 3. The van der Waals surface area contributed by atoms with Crippen molar-refractivity contribution in [1.82, 2.24) is 9.80 Å². The summed E-state index contributed by atoms with van der Waals surface area (Å²) in [6.45, 7) is 7.26. The number of nitrogens with zero attached hydrogens (tertiary/aromatic N) is 2. The number of anilines is 3. The third kappa shape index (κ3) is 26.2. The number of carbonyl (C=O) groups excluding carboxylic acids is 2. The fraction of sp³-hybridized carbons (Fsp3) is 0.208. The maximum Gasteiger partial charge on any atom is 0.335 e. The Morgan fingerprint density at radius 2 is 0.806 bits per heavy atom. The first-order valence-electron chi connectivity index (χ1n) is 29.4. The van der Waals surface area contributed by atoms with Gasteiger partial charge in [-0.05, 0) is 159 Å². The monoisotopic (exact) mass is 1280 g/mol. The van der Waals surface area contributed by atoms with Crippen LogP contribution in [-0.2, 0) is 0 Å². The van der Waals surface area contributed by atoms with Gasteiger partial charge in [-0.1, -0.05) is 68.4 Å². The van der Waals surface area contributed by atoms with Crippen LogP contribution in [0.1, 0.15) is 44.9 Å². The number of phenols is 2. The zero-order valence-electron chi connectivity index (χ0n) is 52.5. The van der Waals surface area contributed by atoms with Gasteiger partial charge in [-0.15, -0.1) is 0 Å². The Bertz CT molecular complexity index is 3610. The zero-order valence-corrected chi connectivity index (χ0v) is 52.5. The largest absolute Gasteiger partial charge is 0.504 e. The molecule has 9 aromatic carbocycles. The van der Waals surface area contributed by atoms with E-state index in [0.29, 0.717) is 101 Å². The molecule has 8 N–H and O–H groups in total. The number of likely N-dealkylation sites (N-methyl/N-ethyl adjacent to an activating group) is 2. The van der Waals surface area contributed by atoms with Crippen LogP contribution in [0.4, 0.5) is 25.8 Å². The van der Waals surface area contributed by atoms with Crippen LogP contribution in [0.2, 0.25) is 0 Å². The maximum atomic E-state index is 12.7. The molecule has 0 aromatic heterocycles. The first kappa shape index (κ1) is 72.9. The smallest absolute Gasteiger partial charge is 0.335 e. The number of hydrogen-bond donors (Lipinski definition) is 7. The molecule has 0 aliphatic heterocycles. The topological polar surface area (TPSA) is 253 Å². The van der Waals surface area contributed by atoms with Crippen LogP contribution in [0.15, 0.2) is 218 Å². The molecule has 0 unspecified atom stereocenters. The highest BCUT2D eigenvalue weighted by Crippen LogP contribution is 2.32. The number of carboxylic acid groups (broad SMARTS) is 1. The van der Waals surface area contributed by atoms with E-state index in [1.54, 1.807) is 110 Å². The number of halogens is 2. The van der Waals surface area contributed by atoms with Crippen molar-refractivity contribution >= 4 is 34.8 Å². The molecule has 0 spiro atoms. The SMILES string of the molecule is CCN(CCF)CCOc1cc(NC(=O)c2ccc(Oc3ccccc3)cc2)ccc1OC.CCN(CCO)CCF.COc1ccc(N)cc1O.COc1ccc(NC(=O)c2ccc(Oc3ccccc3)cc2)cc1O.O=C(O)c1ccc(Oc2ccccc2)cc1. The molecule has 0 saturated heterocycles. The lowest BCUT2D eigenvalue weighted by molar-refractivity contribution is 0.0696. The second-order valence-corrected chi connectivity index (χ2v) is 19.5. The summed E-state index contributed by atoms with van der Waals surface area (Å²) in [5.41, 5.74) is 8.18. The fourth-order valence-corrected chi connectivity index (χ4v) is 8.16. The van der Waals surface area contributed by atoms with Gasteiger partial charge in [0.05, 0.1) is 33.5 Å². The number of carbonyl (C=O) groups is 3. The summed E-state index contributed by atoms with van der Waals surface area (Å²) in [4.78, 5) is 39.4. The van der Waals surface area contributed by atoms with Crippen molar-refractivity contribution in [3.8, 4) is 69.0 Å². The Balaban J connectivity index is 0.000000229. The lowest BCUT2D eigenvalue weighted by atomic mass is 10.2. The lowest BCUT2D eigenvalue weighted by Gasteiger charge is -2.19. The molecular formula is C72H79F2N5O14. The number of rotatable bonds is 26. The number of ether oxygens (including phenoxy) is 7. The average Bonchev–Trinajstić information content (AvgIpc) is 1.37. The minimum Gasteiger partial charge on any atom is -0.504 e. The standard InChI is InChI=1S/C26H29FN2O4.C20H17NO4.C13H10O3.C7H9NO2.C6H14FNO/c1-3-29(16-15-27)17-18-32-25-19-21(11-14-24(25)31-2)28-26(30)20-9-12-23(13-10-20)33-22-7-5-4-6-8-22;1-24-19-12-9-15(13-18(19)22)21-20(23)14-7-10-17(11-8-14)25-16-5-3-2-4-6-16;14-13(15)10-6-8-12(9-7-10)16-11-4-2-1-3-5-11;1-10-7-3-2-5(8)4-6(7)9;1-2-8(4-3-7)5-6-9/h4-14,19H,3,15-18H2,1-2H3,(H,28,30);2-13,22H,1H3,(H,21,23);1-9H,(H,14,15);2-4,9H,8H2,1H3;9H,2-6H2,1H3. The van der Waals surface area contributed by atoms with E-state index in [-0.39, 0.29) is 42.2 Å². The van der Waals surface area contributed by atoms with Crippen LogP contribution in [0.3, 0.4) is 0 Å². The lowest BCUT2D eigenvalue weighted by Crippen LogP contribution is -2.30. The number of alkyl halides is 2. The molecule has 0 radical (unpaired) electrons.